The fraction of sp³-hybridized carbons (Fsp3) is 0.650. The van der Waals surface area contributed by atoms with Gasteiger partial charge in [0.25, 0.3) is 0 Å². The molecule has 0 unspecified atom stereocenters. The van der Waals surface area contributed by atoms with E-state index in [1.807, 2.05) is 23.3 Å². The van der Waals surface area contributed by atoms with E-state index in [1.54, 1.807) is 0 Å². The molecule has 0 amide bonds. The average molecular weight is 361 g/mol. The van der Waals surface area contributed by atoms with Crippen LogP contribution in [-0.2, 0) is 30.4 Å². The highest BCUT2D eigenvalue weighted by Crippen LogP contribution is 2.41. The molecule has 1 aliphatic carbocycles. The van der Waals surface area contributed by atoms with E-state index in [9.17, 15) is 4.79 Å². The largest absolute Gasteiger partial charge is 0.467 e. The number of esters is 1. The minimum atomic E-state index is -0.643. The van der Waals surface area contributed by atoms with E-state index in [1.165, 1.54) is 13.5 Å². The van der Waals surface area contributed by atoms with E-state index >= 15 is 0 Å². The molecule has 0 aromatic heterocycles. The first-order valence-corrected chi connectivity index (χ1v) is 9.54. The van der Waals surface area contributed by atoms with Gasteiger partial charge in [0.15, 0.2) is 11.9 Å². The lowest BCUT2D eigenvalue weighted by molar-refractivity contribution is -0.198. The summed E-state index contributed by atoms with van der Waals surface area (Å²) in [6.07, 6.45) is 4.60. The highest BCUT2D eigenvalue weighted by molar-refractivity contribution is 5.75. The van der Waals surface area contributed by atoms with Gasteiger partial charge in [-0.25, -0.2) is 4.79 Å². The summed E-state index contributed by atoms with van der Waals surface area (Å²) in [5.41, 5.74) is 1.14. The SMILES string of the molecule is COC(=O)[C@H]1ON(Cc2ccccc2)C[C@@H]1[C@H]1COC2(CCCCC2)O1. The zero-order valence-corrected chi connectivity index (χ0v) is 15.3. The van der Waals surface area contributed by atoms with Crippen LogP contribution >= 0.6 is 0 Å². The Morgan fingerprint density at radius 2 is 2.00 bits per heavy atom. The maximum atomic E-state index is 12.3. The summed E-state index contributed by atoms with van der Waals surface area (Å²) in [6.45, 7) is 1.77. The molecule has 4 rings (SSSR count). The Kier molecular flexibility index (Phi) is 5.27. The number of hydroxylamine groups is 2. The molecule has 0 radical (unpaired) electrons. The Hall–Kier alpha value is -1.47. The molecule has 6 nitrogen and oxygen atoms in total. The molecule has 3 aliphatic rings. The van der Waals surface area contributed by atoms with Crippen LogP contribution in [-0.4, -0.2) is 49.3 Å². The number of rotatable bonds is 4. The van der Waals surface area contributed by atoms with Gasteiger partial charge >= 0.3 is 5.97 Å². The molecule has 2 heterocycles. The maximum Gasteiger partial charge on any atom is 0.337 e. The van der Waals surface area contributed by atoms with E-state index in [2.05, 4.69) is 12.1 Å². The molecule has 1 spiro atoms. The van der Waals surface area contributed by atoms with Gasteiger partial charge in [0.1, 0.15) is 0 Å². The van der Waals surface area contributed by atoms with Gasteiger partial charge in [0.2, 0.25) is 0 Å². The molecule has 3 atom stereocenters. The van der Waals surface area contributed by atoms with Gasteiger partial charge in [0, 0.05) is 31.8 Å². The summed E-state index contributed by atoms with van der Waals surface area (Å²) in [7, 11) is 1.40. The second-order valence-corrected chi connectivity index (χ2v) is 7.46. The Labute approximate surface area is 154 Å². The van der Waals surface area contributed by atoms with Crippen molar-refractivity contribution in [3.63, 3.8) is 0 Å². The van der Waals surface area contributed by atoms with E-state index in [-0.39, 0.29) is 18.0 Å². The average Bonchev–Trinajstić information content (AvgIpc) is 3.27. The minimum absolute atomic E-state index is 0.0903. The molecule has 142 valence electrons. The standard InChI is InChI=1S/C20H27NO5/c1-23-19(22)18-16(13-21(26-18)12-15-8-4-2-5-9-15)17-14-24-20(25-17)10-6-3-7-11-20/h2,4-5,8-9,16-18H,3,6-7,10-14H2,1H3/t16-,17-,18+/m1/s1. The van der Waals surface area contributed by atoms with Crippen molar-refractivity contribution in [2.75, 3.05) is 20.3 Å². The van der Waals surface area contributed by atoms with Crippen LogP contribution in [0.4, 0.5) is 0 Å². The van der Waals surface area contributed by atoms with Crippen LogP contribution in [0.5, 0.6) is 0 Å². The van der Waals surface area contributed by atoms with Crippen LogP contribution in [0.3, 0.4) is 0 Å². The topological polar surface area (TPSA) is 57.2 Å². The Morgan fingerprint density at radius 1 is 1.23 bits per heavy atom. The van der Waals surface area contributed by atoms with Crippen LogP contribution in [0.1, 0.15) is 37.7 Å². The summed E-state index contributed by atoms with van der Waals surface area (Å²) in [5.74, 6) is -0.887. The molecular weight excluding hydrogens is 334 g/mol. The molecule has 1 saturated carbocycles. The Morgan fingerprint density at radius 3 is 2.73 bits per heavy atom. The predicted octanol–water partition coefficient (Wildman–Crippen LogP) is 2.67. The van der Waals surface area contributed by atoms with Gasteiger partial charge < -0.3 is 14.2 Å². The quantitative estimate of drug-likeness (QED) is 0.769. The Bertz CT molecular complexity index is 616. The summed E-state index contributed by atoms with van der Waals surface area (Å²) in [5, 5.41) is 1.84. The van der Waals surface area contributed by atoms with Gasteiger partial charge in [-0.15, -0.1) is 0 Å². The number of benzene rings is 1. The first kappa shape index (κ1) is 17.9. The van der Waals surface area contributed by atoms with Crippen molar-refractivity contribution >= 4 is 5.97 Å². The van der Waals surface area contributed by atoms with Crippen LogP contribution < -0.4 is 0 Å². The van der Waals surface area contributed by atoms with Gasteiger partial charge in [-0.1, -0.05) is 36.8 Å². The highest BCUT2D eigenvalue weighted by atomic mass is 16.8. The third-order valence-corrected chi connectivity index (χ3v) is 5.67. The second kappa shape index (κ2) is 7.64. The van der Waals surface area contributed by atoms with E-state index in [4.69, 9.17) is 19.0 Å². The van der Waals surface area contributed by atoms with Crippen LogP contribution in [0.2, 0.25) is 0 Å². The van der Waals surface area contributed by atoms with Gasteiger partial charge in [-0.05, 0) is 18.4 Å². The zero-order chi connectivity index (χ0) is 18.0. The van der Waals surface area contributed by atoms with Crippen molar-refractivity contribution < 1.29 is 23.8 Å². The molecule has 0 bridgehead atoms. The normalized spacial score (nSPS) is 31.3. The molecule has 3 fully saturated rings. The lowest BCUT2D eigenvalue weighted by Gasteiger charge is -2.32. The van der Waals surface area contributed by atoms with Crippen molar-refractivity contribution in [1.29, 1.82) is 0 Å². The van der Waals surface area contributed by atoms with Crippen LogP contribution in [0.15, 0.2) is 30.3 Å². The van der Waals surface area contributed by atoms with Crippen molar-refractivity contribution in [1.82, 2.24) is 5.06 Å². The second-order valence-electron chi connectivity index (χ2n) is 7.46. The van der Waals surface area contributed by atoms with Crippen LogP contribution in [0.25, 0.3) is 0 Å². The van der Waals surface area contributed by atoms with Gasteiger partial charge in [-0.2, -0.15) is 5.06 Å². The fourth-order valence-electron chi connectivity index (χ4n) is 4.29. The first-order valence-electron chi connectivity index (χ1n) is 9.54. The lowest BCUT2D eigenvalue weighted by Crippen LogP contribution is -2.40. The number of hydrogen-bond acceptors (Lipinski definition) is 6. The molecule has 2 aliphatic heterocycles. The molecule has 6 heteroatoms. The predicted molar refractivity (Wildman–Crippen MR) is 93.9 cm³/mol. The van der Waals surface area contributed by atoms with Crippen molar-refractivity contribution in [3.8, 4) is 0 Å². The number of hydrogen-bond donors (Lipinski definition) is 0. The fourth-order valence-corrected chi connectivity index (χ4v) is 4.29. The number of nitrogens with zero attached hydrogens (tertiary/aromatic N) is 1. The molecule has 1 aromatic rings. The molecule has 0 N–H and O–H groups in total. The molecular formula is C20H27NO5. The number of ether oxygens (including phenoxy) is 3. The number of carbonyl (C=O) groups is 1. The van der Waals surface area contributed by atoms with Crippen molar-refractivity contribution in [2.45, 2.75) is 56.6 Å². The number of methoxy groups -OCH3 is 1. The third kappa shape index (κ3) is 3.64. The summed E-state index contributed by atoms with van der Waals surface area (Å²) in [6, 6.07) is 10.1. The van der Waals surface area contributed by atoms with Crippen LogP contribution in [0, 0.1) is 5.92 Å². The van der Waals surface area contributed by atoms with Gasteiger partial charge in [-0.3, -0.25) is 4.84 Å². The Balaban J connectivity index is 1.45. The summed E-state index contributed by atoms with van der Waals surface area (Å²) in [4.78, 5) is 18.2. The summed E-state index contributed by atoms with van der Waals surface area (Å²) >= 11 is 0. The highest BCUT2D eigenvalue weighted by Gasteiger charge is 2.51. The lowest BCUT2D eigenvalue weighted by atomic mass is 9.93. The van der Waals surface area contributed by atoms with Crippen molar-refractivity contribution in [3.05, 3.63) is 35.9 Å². The minimum Gasteiger partial charge on any atom is -0.467 e. The summed E-state index contributed by atoms with van der Waals surface area (Å²) < 4.78 is 17.4. The van der Waals surface area contributed by atoms with E-state index in [0.717, 1.165) is 31.2 Å². The molecule has 2 saturated heterocycles. The monoisotopic (exact) mass is 361 g/mol. The van der Waals surface area contributed by atoms with Crippen molar-refractivity contribution in [2.24, 2.45) is 5.92 Å². The smallest absolute Gasteiger partial charge is 0.337 e. The number of carbonyl (C=O) groups excluding carboxylic acids is 1. The van der Waals surface area contributed by atoms with E-state index in [0.29, 0.717) is 19.7 Å². The third-order valence-electron chi connectivity index (χ3n) is 5.67. The van der Waals surface area contributed by atoms with Gasteiger partial charge in [0.05, 0.1) is 19.8 Å². The molecule has 26 heavy (non-hydrogen) atoms. The van der Waals surface area contributed by atoms with E-state index < -0.39 is 11.9 Å². The zero-order valence-electron chi connectivity index (χ0n) is 15.3. The first-order chi connectivity index (χ1) is 12.7. The maximum absolute atomic E-state index is 12.3. The molecule has 1 aromatic carbocycles.